The van der Waals surface area contributed by atoms with Crippen molar-refractivity contribution in [2.24, 2.45) is 5.92 Å². The van der Waals surface area contributed by atoms with Crippen LogP contribution in [0.1, 0.15) is 25.7 Å². The molecule has 3 heteroatoms. The van der Waals surface area contributed by atoms with Crippen LogP contribution >= 0.6 is 0 Å². The van der Waals surface area contributed by atoms with Gasteiger partial charge in [-0.3, -0.25) is 0 Å². The molecule has 0 N–H and O–H groups in total. The van der Waals surface area contributed by atoms with Crippen LogP contribution in [-0.4, -0.2) is 12.5 Å². The number of hydrogen-bond acceptors (Lipinski definition) is 0. The molecule has 1 fully saturated rings. The second-order valence-electron chi connectivity index (χ2n) is 2.98. The first kappa shape index (κ1) is 7.92. The second-order valence-corrected chi connectivity index (χ2v) is 2.98. The molecule has 0 amide bonds. The molecule has 10 heavy (non-hydrogen) atoms. The molecular formula is C7H11F2O. The summed E-state index contributed by atoms with van der Waals surface area (Å²) in [7, 11) is 0. The topological polar surface area (TPSA) is 19.9 Å². The molecule has 0 heterocycles. The molecule has 0 aromatic rings. The Morgan fingerprint density at radius 2 is 2.20 bits per heavy atom. The maximum atomic E-state index is 12.5. The highest BCUT2D eigenvalue weighted by Crippen LogP contribution is 2.36. The van der Waals surface area contributed by atoms with Crippen LogP contribution in [0.5, 0.6) is 0 Å². The van der Waals surface area contributed by atoms with Crippen LogP contribution in [0.2, 0.25) is 0 Å². The van der Waals surface area contributed by atoms with Crippen molar-refractivity contribution >= 4 is 0 Å². The van der Waals surface area contributed by atoms with Crippen LogP contribution < -0.4 is 0 Å². The lowest BCUT2D eigenvalue weighted by molar-refractivity contribution is -0.0653. The summed E-state index contributed by atoms with van der Waals surface area (Å²) in [5, 5.41) is 10.2. The SMILES string of the molecule is [O]CC1CCCC(F)(F)C1. The molecule has 1 saturated carbocycles. The Balaban J connectivity index is 2.40. The summed E-state index contributed by atoms with van der Waals surface area (Å²) in [6.07, 6.45) is 0.999. The summed E-state index contributed by atoms with van der Waals surface area (Å²) in [6, 6.07) is 0. The van der Waals surface area contributed by atoms with Gasteiger partial charge in [-0.25, -0.2) is 13.9 Å². The molecule has 1 aliphatic carbocycles. The lowest BCUT2D eigenvalue weighted by atomic mass is 9.87. The Morgan fingerprint density at radius 3 is 2.60 bits per heavy atom. The third kappa shape index (κ3) is 1.90. The quantitative estimate of drug-likeness (QED) is 0.545. The predicted octanol–water partition coefficient (Wildman–Crippen LogP) is 2.24. The van der Waals surface area contributed by atoms with E-state index >= 15 is 0 Å². The van der Waals surface area contributed by atoms with Crippen LogP contribution in [0.3, 0.4) is 0 Å². The molecule has 0 aromatic heterocycles. The molecular weight excluding hydrogens is 138 g/mol. The van der Waals surface area contributed by atoms with Crippen molar-refractivity contribution in [3.63, 3.8) is 0 Å². The van der Waals surface area contributed by atoms with Crippen molar-refractivity contribution in [3.05, 3.63) is 0 Å². The van der Waals surface area contributed by atoms with Crippen molar-refractivity contribution in [2.45, 2.75) is 31.6 Å². The van der Waals surface area contributed by atoms with Crippen molar-refractivity contribution < 1.29 is 13.9 Å². The van der Waals surface area contributed by atoms with Gasteiger partial charge in [-0.05, 0) is 18.8 Å². The molecule has 0 aromatic carbocycles. The molecule has 1 rings (SSSR count). The molecule has 0 bridgehead atoms. The van der Waals surface area contributed by atoms with E-state index in [1.807, 2.05) is 0 Å². The molecule has 0 saturated heterocycles. The number of halogens is 2. The van der Waals surface area contributed by atoms with E-state index in [1.54, 1.807) is 0 Å². The van der Waals surface area contributed by atoms with Gasteiger partial charge in [0.05, 0.1) is 6.61 Å². The maximum absolute atomic E-state index is 12.5. The van der Waals surface area contributed by atoms with Gasteiger partial charge < -0.3 is 0 Å². The summed E-state index contributed by atoms with van der Waals surface area (Å²) < 4.78 is 25.0. The highest BCUT2D eigenvalue weighted by atomic mass is 19.3. The lowest BCUT2D eigenvalue weighted by Gasteiger charge is -2.26. The predicted molar refractivity (Wildman–Crippen MR) is 32.5 cm³/mol. The fourth-order valence-electron chi connectivity index (χ4n) is 1.42. The van der Waals surface area contributed by atoms with Gasteiger partial charge in [0.2, 0.25) is 5.92 Å². The van der Waals surface area contributed by atoms with E-state index in [9.17, 15) is 13.9 Å². The zero-order valence-electron chi connectivity index (χ0n) is 5.78. The summed E-state index contributed by atoms with van der Waals surface area (Å²) in [5.74, 6) is -2.82. The Bertz CT molecular complexity index is 114. The Labute approximate surface area is 59.0 Å². The van der Waals surface area contributed by atoms with E-state index in [0.717, 1.165) is 0 Å². The van der Waals surface area contributed by atoms with Gasteiger partial charge in [0.15, 0.2) is 0 Å². The molecule has 1 radical (unpaired) electrons. The molecule has 0 aliphatic heterocycles. The first-order chi connectivity index (χ1) is 4.64. The summed E-state index contributed by atoms with van der Waals surface area (Å²) >= 11 is 0. The Hall–Kier alpha value is -0.180. The van der Waals surface area contributed by atoms with Gasteiger partial charge in [0.1, 0.15) is 0 Å². The van der Waals surface area contributed by atoms with Gasteiger partial charge >= 0.3 is 0 Å². The minimum Gasteiger partial charge on any atom is -0.236 e. The highest BCUT2D eigenvalue weighted by Gasteiger charge is 2.35. The monoisotopic (exact) mass is 149 g/mol. The van der Waals surface area contributed by atoms with Crippen molar-refractivity contribution in [1.29, 1.82) is 0 Å². The Kier molecular flexibility index (Phi) is 2.24. The van der Waals surface area contributed by atoms with Crippen LogP contribution in [-0.2, 0) is 5.11 Å². The standard InChI is InChI=1S/C7H11F2O/c8-7(9)3-1-2-6(4-7)5-10/h6H,1-5H2. The minimum absolute atomic E-state index is 0.0243. The van der Waals surface area contributed by atoms with E-state index in [4.69, 9.17) is 0 Å². The van der Waals surface area contributed by atoms with Crippen LogP contribution in [0.15, 0.2) is 0 Å². The molecule has 0 spiro atoms. The fourth-order valence-corrected chi connectivity index (χ4v) is 1.42. The molecule has 1 nitrogen and oxygen atoms in total. The summed E-state index contributed by atoms with van der Waals surface area (Å²) in [5.41, 5.74) is 0. The zero-order valence-corrected chi connectivity index (χ0v) is 5.78. The van der Waals surface area contributed by atoms with E-state index in [-0.39, 0.29) is 25.4 Å². The third-order valence-electron chi connectivity index (χ3n) is 1.98. The van der Waals surface area contributed by atoms with E-state index in [0.29, 0.717) is 12.8 Å². The van der Waals surface area contributed by atoms with Gasteiger partial charge in [-0.15, -0.1) is 0 Å². The molecule has 1 aliphatic rings. The first-order valence-electron chi connectivity index (χ1n) is 3.60. The van der Waals surface area contributed by atoms with E-state index in [2.05, 4.69) is 0 Å². The van der Waals surface area contributed by atoms with Crippen molar-refractivity contribution in [3.8, 4) is 0 Å². The highest BCUT2D eigenvalue weighted by molar-refractivity contribution is 4.77. The van der Waals surface area contributed by atoms with Gasteiger partial charge in [0, 0.05) is 12.8 Å². The van der Waals surface area contributed by atoms with Gasteiger partial charge in [-0.2, -0.15) is 0 Å². The summed E-state index contributed by atoms with van der Waals surface area (Å²) in [6.45, 7) is -0.338. The Morgan fingerprint density at radius 1 is 1.50 bits per heavy atom. The lowest BCUT2D eigenvalue weighted by Crippen LogP contribution is -2.27. The first-order valence-corrected chi connectivity index (χ1v) is 3.60. The zero-order chi connectivity index (χ0) is 7.61. The largest absolute Gasteiger partial charge is 0.248 e. The molecule has 1 atom stereocenters. The maximum Gasteiger partial charge on any atom is 0.248 e. The van der Waals surface area contributed by atoms with Crippen LogP contribution in [0.4, 0.5) is 8.78 Å². The van der Waals surface area contributed by atoms with Crippen LogP contribution in [0.25, 0.3) is 0 Å². The average Bonchev–Trinajstić information content (AvgIpc) is 1.86. The third-order valence-corrected chi connectivity index (χ3v) is 1.98. The smallest absolute Gasteiger partial charge is 0.236 e. The van der Waals surface area contributed by atoms with Gasteiger partial charge in [-0.1, -0.05) is 0 Å². The number of rotatable bonds is 1. The fraction of sp³-hybridized carbons (Fsp3) is 1.00. The molecule has 1 unspecified atom stereocenters. The average molecular weight is 149 g/mol. The van der Waals surface area contributed by atoms with Gasteiger partial charge in [0.25, 0.3) is 0 Å². The number of alkyl halides is 2. The molecule has 59 valence electrons. The normalized spacial score (nSPS) is 32.1. The van der Waals surface area contributed by atoms with E-state index in [1.165, 1.54) is 0 Å². The minimum atomic E-state index is -2.55. The van der Waals surface area contributed by atoms with Crippen molar-refractivity contribution in [1.82, 2.24) is 0 Å². The van der Waals surface area contributed by atoms with Crippen LogP contribution in [0, 0.1) is 5.92 Å². The summed E-state index contributed by atoms with van der Waals surface area (Å²) in [4.78, 5) is 0. The second kappa shape index (κ2) is 2.82. The number of hydrogen-bond donors (Lipinski definition) is 0. The van der Waals surface area contributed by atoms with E-state index < -0.39 is 5.92 Å². The van der Waals surface area contributed by atoms with Crippen molar-refractivity contribution in [2.75, 3.05) is 6.61 Å².